The molecule has 0 spiro atoms. The van der Waals surface area contributed by atoms with E-state index in [1.54, 1.807) is 0 Å². The Balaban J connectivity index is 2.90. The van der Waals surface area contributed by atoms with Crippen molar-refractivity contribution in [1.82, 2.24) is 5.43 Å². The number of benzene rings is 1. The van der Waals surface area contributed by atoms with Crippen LogP contribution in [0.2, 0.25) is 0 Å². The third kappa shape index (κ3) is 3.90. The van der Waals surface area contributed by atoms with Gasteiger partial charge in [-0.15, -0.1) is 11.8 Å². The molecule has 0 aromatic heterocycles. The van der Waals surface area contributed by atoms with Gasteiger partial charge in [-0.3, -0.25) is 10.2 Å². The molecule has 0 radical (unpaired) electrons. The molecule has 1 atom stereocenters. The first-order chi connectivity index (χ1) is 7.95. The van der Waals surface area contributed by atoms with Gasteiger partial charge in [0.2, 0.25) is 5.91 Å². The molecule has 0 saturated heterocycles. The van der Waals surface area contributed by atoms with E-state index in [-0.39, 0.29) is 17.1 Å². The summed E-state index contributed by atoms with van der Waals surface area (Å²) in [6.07, 6.45) is 0. The maximum absolute atomic E-state index is 11.6. The molecule has 1 aromatic rings. The van der Waals surface area contributed by atoms with Crippen molar-refractivity contribution in [3.05, 3.63) is 22.7 Å². The minimum Gasteiger partial charge on any atom is -0.399 e. The molecule has 0 heterocycles. The van der Waals surface area contributed by atoms with E-state index in [0.29, 0.717) is 5.69 Å². The number of hydrogen-bond acceptors (Lipinski definition) is 4. The zero-order valence-electron chi connectivity index (χ0n) is 9.74. The van der Waals surface area contributed by atoms with Gasteiger partial charge in [0.25, 0.3) is 0 Å². The lowest BCUT2D eigenvalue weighted by atomic mass is 10.1. The number of amides is 1. The first-order valence-corrected chi connectivity index (χ1v) is 6.85. The summed E-state index contributed by atoms with van der Waals surface area (Å²) in [7, 11) is 0. The molecule has 1 amide bonds. The molecule has 5 N–H and O–H groups in total. The molecule has 1 aromatic carbocycles. The van der Waals surface area contributed by atoms with Gasteiger partial charge in [0.05, 0.1) is 5.25 Å². The first-order valence-electron chi connectivity index (χ1n) is 5.18. The van der Waals surface area contributed by atoms with Crippen LogP contribution in [-0.2, 0) is 4.79 Å². The number of nitrogen functional groups attached to an aromatic ring is 1. The quantitative estimate of drug-likeness (QED) is 0.261. The van der Waals surface area contributed by atoms with Crippen molar-refractivity contribution < 1.29 is 4.79 Å². The lowest BCUT2D eigenvalue weighted by molar-refractivity contribution is -0.121. The molecule has 0 aliphatic heterocycles. The maximum Gasteiger partial charge on any atom is 0.247 e. The lowest BCUT2D eigenvalue weighted by Gasteiger charge is -2.19. The van der Waals surface area contributed by atoms with Gasteiger partial charge in [-0.25, -0.2) is 5.84 Å². The van der Waals surface area contributed by atoms with Crippen molar-refractivity contribution in [2.45, 2.75) is 24.0 Å². The van der Waals surface area contributed by atoms with Gasteiger partial charge in [0.15, 0.2) is 0 Å². The number of nitrogens with one attached hydrogen (secondary N) is 1. The summed E-state index contributed by atoms with van der Waals surface area (Å²) < 4.78 is 0.887. The number of anilines is 1. The first kappa shape index (κ1) is 14.3. The Kier molecular flexibility index (Phi) is 5.30. The molecule has 94 valence electrons. The van der Waals surface area contributed by atoms with Crippen LogP contribution >= 0.6 is 27.7 Å². The van der Waals surface area contributed by atoms with Crippen LogP contribution < -0.4 is 17.0 Å². The summed E-state index contributed by atoms with van der Waals surface area (Å²) in [5, 5.41) is -0.222. The minimum absolute atomic E-state index is 0.172. The van der Waals surface area contributed by atoms with Crippen molar-refractivity contribution in [1.29, 1.82) is 0 Å². The fraction of sp³-hybridized carbons (Fsp3) is 0.364. The Morgan fingerprint density at radius 1 is 1.47 bits per heavy atom. The summed E-state index contributed by atoms with van der Waals surface area (Å²) in [5.41, 5.74) is 8.55. The smallest absolute Gasteiger partial charge is 0.247 e. The van der Waals surface area contributed by atoms with Gasteiger partial charge >= 0.3 is 0 Å². The number of hydrazine groups is 1. The lowest BCUT2D eigenvalue weighted by Crippen LogP contribution is -2.39. The van der Waals surface area contributed by atoms with Crippen LogP contribution in [0.4, 0.5) is 5.69 Å². The number of carbonyl (C=O) groups is 1. The summed E-state index contributed by atoms with van der Waals surface area (Å²) in [6.45, 7) is 3.97. The predicted molar refractivity (Wildman–Crippen MR) is 75.4 cm³/mol. The van der Waals surface area contributed by atoms with Gasteiger partial charge in [-0.2, -0.15) is 0 Å². The molecule has 0 bridgehead atoms. The number of halogens is 1. The Bertz CT molecular complexity index is 412. The van der Waals surface area contributed by atoms with Gasteiger partial charge < -0.3 is 5.73 Å². The number of hydrogen-bond donors (Lipinski definition) is 3. The van der Waals surface area contributed by atoms with E-state index >= 15 is 0 Å². The molecule has 17 heavy (non-hydrogen) atoms. The van der Waals surface area contributed by atoms with Crippen LogP contribution in [0.15, 0.2) is 27.6 Å². The number of thioether (sulfide) groups is 1. The van der Waals surface area contributed by atoms with Gasteiger partial charge in [0, 0.05) is 15.1 Å². The molecular weight excluding hydrogens is 302 g/mol. The fourth-order valence-electron chi connectivity index (χ4n) is 1.32. The van der Waals surface area contributed by atoms with E-state index in [9.17, 15) is 4.79 Å². The van der Waals surface area contributed by atoms with Crippen LogP contribution in [0, 0.1) is 5.92 Å². The third-order valence-corrected chi connectivity index (χ3v) is 4.76. The molecule has 1 rings (SSSR count). The summed E-state index contributed by atoms with van der Waals surface area (Å²) in [6, 6.07) is 5.52. The van der Waals surface area contributed by atoms with E-state index < -0.39 is 0 Å². The highest BCUT2D eigenvalue weighted by Gasteiger charge is 2.23. The molecule has 0 aliphatic carbocycles. The number of nitrogens with two attached hydrogens (primary N) is 2. The van der Waals surface area contributed by atoms with E-state index in [1.807, 2.05) is 32.0 Å². The molecule has 1 unspecified atom stereocenters. The second kappa shape index (κ2) is 6.28. The third-order valence-electron chi connectivity index (χ3n) is 2.22. The summed E-state index contributed by atoms with van der Waals surface area (Å²) in [4.78, 5) is 12.6. The Labute approximate surface area is 114 Å². The second-order valence-corrected chi connectivity index (χ2v) is 6.02. The molecule has 6 heteroatoms. The van der Waals surface area contributed by atoms with Crippen molar-refractivity contribution in [3.63, 3.8) is 0 Å². The van der Waals surface area contributed by atoms with E-state index in [1.165, 1.54) is 11.8 Å². The Hall–Kier alpha value is -0.720. The van der Waals surface area contributed by atoms with Crippen LogP contribution in [0.3, 0.4) is 0 Å². The fourth-order valence-corrected chi connectivity index (χ4v) is 3.04. The predicted octanol–water partition coefficient (Wildman–Crippen LogP) is 2.14. The van der Waals surface area contributed by atoms with E-state index in [0.717, 1.165) is 9.37 Å². The SMILES string of the molecule is CC(C)C(Sc1ccc(N)cc1Br)C(=O)NN. The van der Waals surface area contributed by atoms with Crippen molar-refractivity contribution in [3.8, 4) is 0 Å². The average molecular weight is 318 g/mol. The number of carbonyl (C=O) groups excluding carboxylic acids is 1. The standard InChI is InChI=1S/C11H16BrN3OS/c1-6(2)10(11(16)15-14)17-9-4-3-7(13)5-8(9)12/h3-6,10H,13-14H2,1-2H3,(H,15,16). The highest BCUT2D eigenvalue weighted by Crippen LogP contribution is 2.34. The minimum atomic E-state index is -0.222. The van der Waals surface area contributed by atoms with Gasteiger partial charge in [-0.05, 0) is 40.0 Å². The summed E-state index contributed by atoms with van der Waals surface area (Å²) >= 11 is 4.90. The molecule has 0 saturated carbocycles. The highest BCUT2D eigenvalue weighted by atomic mass is 79.9. The summed E-state index contributed by atoms with van der Waals surface area (Å²) in [5.74, 6) is 5.20. The molecule has 0 aliphatic rings. The zero-order chi connectivity index (χ0) is 13.0. The van der Waals surface area contributed by atoms with E-state index in [2.05, 4.69) is 21.4 Å². The molecule has 0 fully saturated rings. The van der Waals surface area contributed by atoms with Gasteiger partial charge in [-0.1, -0.05) is 13.8 Å². The Morgan fingerprint density at radius 2 is 2.12 bits per heavy atom. The maximum atomic E-state index is 11.6. The zero-order valence-corrected chi connectivity index (χ0v) is 12.1. The van der Waals surface area contributed by atoms with Crippen LogP contribution in [-0.4, -0.2) is 11.2 Å². The topological polar surface area (TPSA) is 81.1 Å². The van der Waals surface area contributed by atoms with Crippen molar-refractivity contribution >= 4 is 39.3 Å². The Morgan fingerprint density at radius 3 is 2.59 bits per heavy atom. The van der Waals surface area contributed by atoms with Crippen molar-refractivity contribution in [2.75, 3.05) is 5.73 Å². The largest absolute Gasteiger partial charge is 0.399 e. The monoisotopic (exact) mass is 317 g/mol. The molecule has 4 nitrogen and oxygen atoms in total. The highest BCUT2D eigenvalue weighted by molar-refractivity contribution is 9.10. The average Bonchev–Trinajstić information content (AvgIpc) is 2.26. The molecular formula is C11H16BrN3OS. The second-order valence-electron chi connectivity index (χ2n) is 3.98. The van der Waals surface area contributed by atoms with Crippen LogP contribution in [0.1, 0.15) is 13.8 Å². The van der Waals surface area contributed by atoms with Crippen molar-refractivity contribution in [2.24, 2.45) is 11.8 Å². The van der Waals surface area contributed by atoms with Gasteiger partial charge in [0.1, 0.15) is 0 Å². The van der Waals surface area contributed by atoms with Crippen LogP contribution in [0.5, 0.6) is 0 Å². The van der Waals surface area contributed by atoms with Crippen LogP contribution in [0.25, 0.3) is 0 Å². The number of rotatable bonds is 4. The normalized spacial score (nSPS) is 12.5. The van der Waals surface area contributed by atoms with E-state index in [4.69, 9.17) is 11.6 Å².